The molecule has 18 heavy (non-hydrogen) atoms. The van der Waals surface area contributed by atoms with Gasteiger partial charge in [0.2, 0.25) is 0 Å². The summed E-state index contributed by atoms with van der Waals surface area (Å²) in [7, 11) is 0. The van der Waals surface area contributed by atoms with Crippen LogP contribution in [0.25, 0.3) is 0 Å². The third kappa shape index (κ3) is 3.98. The van der Waals surface area contributed by atoms with E-state index in [1.54, 1.807) is 12.1 Å². The summed E-state index contributed by atoms with van der Waals surface area (Å²) in [5.41, 5.74) is 1.55. The minimum atomic E-state index is -0.945. The van der Waals surface area contributed by atoms with Crippen molar-refractivity contribution >= 4 is 17.6 Å². The third-order valence-corrected chi connectivity index (χ3v) is 3.04. The van der Waals surface area contributed by atoms with Crippen molar-refractivity contribution < 1.29 is 15.0 Å². The van der Waals surface area contributed by atoms with Crippen molar-refractivity contribution in [2.45, 2.75) is 32.4 Å². The van der Waals surface area contributed by atoms with Crippen LogP contribution in [0.1, 0.15) is 30.6 Å². The summed E-state index contributed by atoms with van der Waals surface area (Å²) in [6, 6.07) is 4.70. The number of hydrogen-bond donors (Lipinski definition) is 3. The molecule has 0 bridgehead atoms. The van der Waals surface area contributed by atoms with E-state index in [0.29, 0.717) is 17.1 Å². The summed E-state index contributed by atoms with van der Waals surface area (Å²) >= 11 is 5.90. The number of halogens is 1. The van der Waals surface area contributed by atoms with E-state index in [9.17, 15) is 9.90 Å². The molecule has 0 saturated carbocycles. The van der Waals surface area contributed by atoms with Gasteiger partial charge in [0.25, 0.3) is 0 Å². The van der Waals surface area contributed by atoms with Crippen LogP contribution in [-0.4, -0.2) is 28.8 Å². The molecule has 0 aliphatic heterocycles. The normalized spacial score (nSPS) is 14.2. The van der Waals surface area contributed by atoms with Gasteiger partial charge in [-0.25, -0.2) is 0 Å². The molecule has 1 rings (SSSR count). The smallest absolute Gasteiger partial charge is 0.305 e. The Kier molecular flexibility index (Phi) is 5.59. The summed E-state index contributed by atoms with van der Waals surface area (Å²) in [6.07, 6.45) is -1.03. The minimum absolute atomic E-state index is 0.138. The van der Waals surface area contributed by atoms with E-state index in [0.717, 1.165) is 5.56 Å². The van der Waals surface area contributed by atoms with Gasteiger partial charge in [-0.1, -0.05) is 24.6 Å². The van der Waals surface area contributed by atoms with Crippen LogP contribution < -0.4 is 5.32 Å². The van der Waals surface area contributed by atoms with Crippen molar-refractivity contribution in [1.82, 2.24) is 5.32 Å². The van der Waals surface area contributed by atoms with E-state index < -0.39 is 18.1 Å². The molecule has 100 valence electrons. The standard InChI is InChI=1S/C13H18ClNO3/c1-3-15-11(7-12(16)17)13(18)10-6-9(14)5-4-8(10)2/h4-6,11,13,15,18H,3,7H2,1-2H3,(H,16,17). The van der Waals surface area contributed by atoms with E-state index in [1.807, 2.05) is 19.9 Å². The van der Waals surface area contributed by atoms with Gasteiger partial charge in [-0.15, -0.1) is 0 Å². The van der Waals surface area contributed by atoms with Crippen molar-refractivity contribution in [3.05, 3.63) is 34.3 Å². The van der Waals surface area contributed by atoms with Crippen LogP contribution in [0.15, 0.2) is 18.2 Å². The fraction of sp³-hybridized carbons (Fsp3) is 0.462. The molecule has 2 atom stereocenters. The van der Waals surface area contributed by atoms with Gasteiger partial charge in [0.15, 0.2) is 0 Å². The Morgan fingerprint density at radius 3 is 2.72 bits per heavy atom. The second-order valence-corrected chi connectivity index (χ2v) is 4.64. The Morgan fingerprint density at radius 1 is 1.50 bits per heavy atom. The number of aliphatic hydroxyl groups is 1. The van der Waals surface area contributed by atoms with Crippen LogP contribution in [0, 0.1) is 6.92 Å². The topological polar surface area (TPSA) is 69.6 Å². The number of nitrogens with one attached hydrogen (secondary N) is 1. The third-order valence-electron chi connectivity index (χ3n) is 2.80. The zero-order chi connectivity index (χ0) is 13.7. The van der Waals surface area contributed by atoms with Crippen LogP contribution in [0.3, 0.4) is 0 Å². The lowest BCUT2D eigenvalue weighted by atomic mass is 9.96. The minimum Gasteiger partial charge on any atom is -0.481 e. The van der Waals surface area contributed by atoms with Gasteiger partial charge < -0.3 is 15.5 Å². The first kappa shape index (κ1) is 15.0. The van der Waals surface area contributed by atoms with Gasteiger partial charge >= 0.3 is 5.97 Å². The van der Waals surface area contributed by atoms with Crippen LogP contribution in [0.4, 0.5) is 0 Å². The van der Waals surface area contributed by atoms with Crippen LogP contribution in [0.2, 0.25) is 5.02 Å². The monoisotopic (exact) mass is 271 g/mol. The molecule has 1 aromatic rings. The Morgan fingerprint density at radius 2 is 2.17 bits per heavy atom. The molecule has 4 nitrogen and oxygen atoms in total. The first-order chi connectivity index (χ1) is 8.45. The maximum absolute atomic E-state index is 10.8. The predicted molar refractivity (Wildman–Crippen MR) is 70.9 cm³/mol. The fourth-order valence-corrected chi connectivity index (χ4v) is 2.07. The summed E-state index contributed by atoms with van der Waals surface area (Å²) in [5.74, 6) is -0.945. The van der Waals surface area contributed by atoms with Gasteiger partial charge in [-0.3, -0.25) is 4.79 Å². The Hall–Kier alpha value is -1.10. The van der Waals surface area contributed by atoms with Crippen molar-refractivity contribution in [3.8, 4) is 0 Å². The molecule has 0 aliphatic rings. The highest BCUT2D eigenvalue weighted by Gasteiger charge is 2.24. The van der Waals surface area contributed by atoms with Crippen LogP contribution in [0.5, 0.6) is 0 Å². The quantitative estimate of drug-likeness (QED) is 0.741. The molecule has 0 aliphatic carbocycles. The molecule has 3 N–H and O–H groups in total. The molecule has 0 amide bonds. The lowest BCUT2D eigenvalue weighted by Gasteiger charge is -2.24. The largest absolute Gasteiger partial charge is 0.481 e. The number of aliphatic hydroxyl groups excluding tert-OH is 1. The van der Waals surface area contributed by atoms with E-state index in [4.69, 9.17) is 16.7 Å². The number of carboxylic acids is 1. The number of aliphatic carboxylic acids is 1. The first-order valence-electron chi connectivity index (χ1n) is 5.85. The van der Waals surface area contributed by atoms with Crippen molar-refractivity contribution in [2.24, 2.45) is 0 Å². The van der Waals surface area contributed by atoms with E-state index in [-0.39, 0.29) is 6.42 Å². The first-order valence-corrected chi connectivity index (χ1v) is 6.22. The number of hydrogen-bond acceptors (Lipinski definition) is 3. The maximum Gasteiger partial charge on any atom is 0.305 e. The predicted octanol–water partition coefficient (Wildman–Crippen LogP) is 2.13. The van der Waals surface area contributed by atoms with Gasteiger partial charge in [-0.05, 0) is 36.7 Å². The zero-order valence-electron chi connectivity index (χ0n) is 10.5. The molecular formula is C13H18ClNO3. The molecule has 5 heteroatoms. The summed E-state index contributed by atoms with van der Waals surface area (Å²) in [4.78, 5) is 10.8. The Labute approximate surface area is 112 Å². The molecule has 1 aromatic carbocycles. The number of rotatable bonds is 6. The summed E-state index contributed by atoms with van der Waals surface area (Å²) < 4.78 is 0. The zero-order valence-corrected chi connectivity index (χ0v) is 11.2. The van der Waals surface area contributed by atoms with Gasteiger partial charge in [0, 0.05) is 11.1 Å². The highest BCUT2D eigenvalue weighted by Crippen LogP contribution is 2.25. The van der Waals surface area contributed by atoms with Crippen LogP contribution in [-0.2, 0) is 4.79 Å². The second kappa shape index (κ2) is 6.73. The van der Waals surface area contributed by atoms with Gasteiger partial charge in [0.1, 0.15) is 0 Å². The molecule has 2 unspecified atom stereocenters. The van der Waals surface area contributed by atoms with Gasteiger partial charge in [-0.2, -0.15) is 0 Å². The molecule has 0 fully saturated rings. The number of aryl methyl sites for hydroxylation is 1. The fourth-order valence-electron chi connectivity index (χ4n) is 1.89. The van der Waals surface area contributed by atoms with Crippen molar-refractivity contribution in [2.75, 3.05) is 6.54 Å². The number of likely N-dealkylation sites (N-methyl/N-ethyl adjacent to an activating group) is 1. The van der Waals surface area contributed by atoms with Gasteiger partial charge in [0.05, 0.1) is 12.5 Å². The lowest BCUT2D eigenvalue weighted by molar-refractivity contribution is -0.138. The number of benzene rings is 1. The molecule has 0 aromatic heterocycles. The van der Waals surface area contributed by atoms with E-state index in [2.05, 4.69) is 5.32 Å². The molecule has 0 radical (unpaired) electrons. The molecular weight excluding hydrogens is 254 g/mol. The SMILES string of the molecule is CCNC(CC(=O)O)C(O)c1cc(Cl)ccc1C. The second-order valence-electron chi connectivity index (χ2n) is 4.21. The highest BCUT2D eigenvalue weighted by molar-refractivity contribution is 6.30. The molecule has 0 saturated heterocycles. The maximum atomic E-state index is 10.8. The molecule has 0 spiro atoms. The van der Waals surface area contributed by atoms with Crippen LogP contribution >= 0.6 is 11.6 Å². The van der Waals surface area contributed by atoms with Crippen molar-refractivity contribution in [1.29, 1.82) is 0 Å². The Bertz CT molecular complexity index is 423. The lowest BCUT2D eigenvalue weighted by Crippen LogP contribution is -2.37. The highest BCUT2D eigenvalue weighted by atomic mass is 35.5. The van der Waals surface area contributed by atoms with Crippen molar-refractivity contribution in [3.63, 3.8) is 0 Å². The average molecular weight is 272 g/mol. The summed E-state index contributed by atoms with van der Waals surface area (Å²) in [6.45, 7) is 4.32. The number of carbonyl (C=O) groups is 1. The summed E-state index contributed by atoms with van der Waals surface area (Å²) in [5, 5.41) is 22.6. The molecule has 0 heterocycles. The van der Waals surface area contributed by atoms with E-state index >= 15 is 0 Å². The number of carboxylic acid groups (broad SMARTS) is 1. The Balaban J connectivity index is 2.96. The average Bonchev–Trinajstić information content (AvgIpc) is 2.30. The van der Waals surface area contributed by atoms with E-state index in [1.165, 1.54) is 0 Å².